The number of benzene rings is 2. The summed E-state index contributed by atoms with van der Waals surface area (Å²) in [7, 11) is -3.65. The van der Waals surface area contributed by atoms with E-state index in [1.165, 1.54) is 48.5 Å². The number of nitrogens with one attached hydrogen (secondary N) is 2. The smallest absolute Gasteiger partial charge is 0.271 e. The second kappa shape index (κ2) is 8.51. The molecule has 146 valence electrons. The molecule has 1 unspecified atom stereocenters. The summed E-state index contributed by atoms with van der Waals surface area (Å²) in [5.41, 5.74) is 0.980. The van der Waals surface area contributed by atoms with Gasteiger partial charge in [-0.3, -0.25) is 9.52 Å². The van der Waals surface area contributed by atoms with Gasteiger partial charge in [0.2, 0.25) is 0 Å². The maximum Gasteiger partial charge on any atom is 0.271 e. The van der Waals surface area contributed by atoms with E-state index < -0.39 is 27.9 Å². The molecular weight excluding hydrogens is 403 g/mol. The SMILES string of the molecule is O=C(NCC(O)c1cccc(F)c1)c1ccc(NS(=O)(=O)c2cccs2)cc1. The van der Waals surface area contributed by atoms with E-state index in [0.717, 1.165) is 11.3 Å². The number of sulfonamides is 1. The number of hydrogen-bond donors (Lipinski definition) is 3. The van der Waals surface area contributed by atoms with Crippen molar-refractivity contribution in [2.45, 2.75) is 10.3 Å². The second-order valence-corrected chi connectivity index (χ2v) is 8.75. The average molecular weight is 420 g/mol. The third-order valence-electron chi connectivity index (χ3n) is 3.85. The quantitative estimate of drug-likeness (QED) is 0.547. The van der Waals surface area contributed by atoms with Gasteiger partial charge < -0.3 is 10.4 Å². The highest BCUT2D eigenvalue weighted by Gasteiger charge is 2.16. The minimum Gasteiger partial charge on any atom is -0.387 e. The number of anilines is 1. The molecule has 0 saturated carbocycles. The van der Waals surface area contributed by atoms with Crippen molar-refractivity contribution < 1.29 is 22.7 Å². The minimum absolute atomic E-state index is 0.0882. The Balaban J connectivity index is 1.59. The van der Waals surface area contributed by atoms with Crippen molar-refractivity contribution in [3.8, 4) is 0 Å². The molecule has 3 N–H and O–H groups in total. The van der Waals surface area contributed by atoms with Crippen LogP contribution in [0.15, 0.2) is 70.3 Å². The summed E-state index contributed by atoms with van der Waals surface area (Å²) in [6.07, 6.45) is -1.04. The van der Waals surface area contributed by atoms with Crippen LogP contribution >= 0.6 is 11.3 Å². The highest BCUT2D eigenvalue weighted by Crippen LogP contribution is 2.20. The van der Waals surface area contributed by atoms with Gasteiger partial charge in [-0.25, -0.2) is 12.8 Å². The van der Waals surface area contributed by atoms with Gasteiger partial charge in [-0.15, -0.1) is 11.3 Å². The van der Waals surface area contributed by atoms with Crippen molar-refractivity contribution in [2.75, 3.05) is 11.3 Å². The Morgan fingerprint density at radius 1 is 1.11 bits per heavy atom. The predicted molar refractivity (Wildman–Crippen MR) is 105 cm³/mol. The zero-order chi connectivity index (χ0) is 20.1. The number of rotatable bonds is 7. The number of thiophene rings is 1. The largest absolute Gasteiger partial charge is 0.387 e. The summed E-state index contributed by atoms with van der Waals surface area (Å²) in [6, 6.07) is 14.5. The molecule has 2 aromatic carbocycles. The number of aliphatic hydroxyl groups is 1. The van der Waals surface area contributed by atoms with Gasteiger partial charge >= 0.3 is 0 Å². The number of carbonyl (C=O) groups is 1. The molecule has 9 heteroatoms. The topological polar surface area (TPSA) is 95.5 Å². The Hall–Kier alpha value is -2.75. The Kier molecular flexibility index (Phi) is 6.08. The summed E-state index contributed by atoms with van der Waals surface area (Å²) >= 11 is 1.10. The lowest BCUT2D eigenvalue weighted by Crippen LogP contribution is -2.28. The molecule has 0 aliphatic rings. The van der Waals surface area contributed by atoms with Crippen molar-refractivity contribution in [2.24, 2.45) is 0 Å². The van der Waals surface area contributed by atoms with Crippen molar-refractivity contribution in [1.29, 1.82) is 0 Å². The zero-order valence-electron chi connectivity index (χ0n) is 14.5. The van der Waals surface area contributed by atoms with Crippen LogP contribution in [0.5, 0.6) is 0 Å². The predicted octanol–water partition coefficient (Wildman–Crippen LogP) is 3.15. The fraction of sp³-hybridized carbons (Fsp3) is 0.105. The lowest BCUT2D eigenvalue weighted by atomic mass is 10.1. The molecule has 3 aromatic rings. The number of carbonyl (C=O) groups excluding carboxylic acids is 1. The summed E-state index contributed by atoms with van der Waals surface area (Å²) in [5, 5.41) is 14.3. The van der Waals surface area contributed by atoms with Crippen LogP contribution in [0.4, 0.5) is 10.1 Å². The first-order valence-electron chi connectivity index (χ1n) is 8.23. The van der Waals surface area contributed by atoms with Crippen molar-refractivity contribution in [3.05, 3.63) is 83.0 Å². The van der Waals surface area contributed by atoms with E-state index in [-0.39, 0.29) is 10.8 Å². The van der Waals surface area contributed by atoms with Gasteiger partial charge in [0.1, 0.15) is 10.0 Å². The van der Waals surface area contributed by atoms with Crippen molar-refractivity contribution in [3.63, 3.8) is 0 Å². The highest BCUT2D eigenvalue weighted by atomic mass is 32.2. The molecule has 3 rings (SSSR count). The Labute approximate surface area is 165 Å². The van der Waals surface area contributed by atoms with Gasteiger partial charge in [0.25, 0.3) is 15.9 Å². The van der Waals surface area contributed by atoms with E-state index in [4.69, 9.17) is 0 Å². The Morgan fingerprint density at radius 2 is 1.86 bits per heavy atom. The Bertz CT molecular complexity index is 1050. The molecule has 0 aliphatic carbocycles. The first kappa shape index (κ1) is 20.0. The number of hydrogen-bond acceptors (Lipinski definition) is 5. The number of aliphatic hydroxyl groups excluding tert-OH is 1. The summed E-state index contributed by atoms with van der Waals surface area (Å²) in [5.74, 6) is -0.911. The maximum absolute atomic E-state index is 13.2. The third kappa shape index (κ3) is 4.94. The van der Waals surface area contributed by atoms with Gasteiger partial charge in [0, 0.05) is 17.8 Å². The van der Waals surface area contributed by atoms with Gasteiger partial charge in [0.05, 0.1) is 6.10 Å². The summed E-state index contributed by atoms with van der Waals surface area (Å²) in [6.45, 7) is -0.0882. The molecule has 0 spiro atoms. The van der Waals surface area contributed by atoms with E-state index in [9.17, 15) is 22.7 Å². The normalized spacial score (nSPS) is 12.4. The minimum atomic E-state index is -3.65. The molecule has 0 aliphatic heterocycles. The van der Waals surface area contributed by atoms with Crippen LogP contribution in [-0.4, -0.2) is 26.0 Å². The highest BCUT2D eigenvalue weighted by molar-refractivity contribution is 7.94. The molecular formula is C19H17FN2O4S2. The van der Waals surface area contributed by atoms with E-state index >= 15 is 0 Å². The molecule has 1 heterocycles. The lowest BCUT2D eigenvalue weighted by molar-refractivity contribution is 0.0916. The van der Waals surface area contributed by atoms with Crippen LogP contribution in [-0.2, 0) is 10.0 Å². The molecule has 0 saturated heterocycles. The summed E-state index contributed by atoms with van der Waals surface area (Å²) in [4.78, 5) is 12.2. The van der Waals surface area contributed by atoms with Crippen LogP contribution in [0.2, 0.25) is 0 Å². The average Bonchev–Trinajstić information content (AvgIpc) is 3.22. The molecule has 0 radical (unpaired) electrons. The lowest BCUT2D eigenvalue weighted by Gasteiger charge is -2.13. The first-order chi connectivity index (χ1) is 13.3. The second-order valence-electron chi connectivity index (χ2n) is 5.90. The first-order valence-corrected chi connectivity index (χ1v) is 10.6. The van der Waals surface area contributed by atoms with Crippen molar-refractivity contribution >= 4 is 33.0 Å². The van der Waals surface area contributed by atoms with E-state index in [1.807, 2.05) is 0 Å². The standard InChI is InChI=1S/C19H17FN2O4S2/c20-15-4-1-3-14(11-15)17(23)12-21-19(24)13-6-8-16(9-7-13)22-28(25,26)18-5-2-10-27-18/h1-11,17,22-23H,12H2,(H,21,24). The van der Waals surface area contributed by atoms with Crippen molar-refractivity contribution in [1.82, 2.24) is 5.32 Å². The molecule has 0 bridgehead atoms. The Morgan fingerprint density at radius 3 is 2.50 bits per heavy atom. The van der Waals surface area contributed by atoms with Crippen LogP contribution in [0.3, 0.4) is 0 Å². The third-order valence-corrected chi connectivity index (χ3v) is 6.63. The molecule has 6 nitrogen and oxygen atoms in total. The molecule has 28 heavy (non-hydrogen) atoms. The van der Waals surface area contributed by atoms with Crippen LogP contribution in [0.25, 0.3) is 0 Å². The molecule has 0 fully saturated rings. The fourth-order valence-corrected chi connectivity index (χ4v) is 4.49. The summed E-state index contributed by atoms with van der Waals surface area (Å²) < 4.78 is 40.2. The number of amides is 1. The molecule has 1 amide bonds. The van der Waals surface area contributed by atoms with Gasteiger partial charge in [0.15, 0.2) is 0 Å². The van der Waals surface area contributed by atoms with Gasteiger partial charge in [-0.1, -0.05) is 18.2 Å². The van der Waals surface area contributed by atoms with E-state index in [0.29, 0.717) is 16.8 Å². The van der Waals surface area contributed by atoms with Crippen LogP contribution < -0.4 is 10.0 Å². The van der Waals surface area contributed by atoms with E-state index in [2.05, 4.69) is 10.0 Å². The monoisotopic (exact) mass is 420 g/mol. The van der Waals surface area contributed by atoms with E-state index in [1.54, 1.807) is 17.5 Å². The zero-order valence-corrected chi connectivity index (χ0v) is 16.1. The van der Waals surface area contributed by atoms with Crippen LogP contribution in [0.1, 0.15) is 22.0 Å². The maximum atomic E-state index is 13.2. The fourth-order valence-electron chi connectivity index (χ4n) is 2.43. The number of halogens is 1. The van der Waals surface area contributed by atoms with Crippen LogP contribution in [0, 0.1) is 5.82 Å². The molecule has 1 atom stereocenters. The molecule has 1 aromatic heterocycles. The van der Waals surface area contributed by atoms with Gasteiger partial charge in [-0.05, 0) is 53.4 Å². The van der Waals surface area contributed by atoms with Gasteiger partial charge in [-0.2, -0.15) is 0 Å².